The molecule has 0 saturated heterocycles. The van der Waals surface area contributed by atoms with Crippen molar-refractivity contribution in [2.24, 2.45) is 0 Å². The predicted molar refractivity (Wildman–Crippen MR) is 72.0 cm³/mol. The maximum atomic E-state index is 9.27. The van der Waals surface area contributed by atoms with E-state index in [-0.39, 0.29) is 13.2 Å². The summed E-state index contributed by atoms with van der Waals surface area (Å²) in [5.74, 6) is 0.822. The molecule has 0 aliphatic heterocycles. The highest BCUT2D eigenvalue weighted by atomic mass is 16.5. The molecule has 0 atom stereocenters. The molecule has 0 saturated carbocycles. The molecule has 1 heterocycles. The first kappa shape index (κ1) is 14.0. The summed E-state index contributed by atoms with van der Waals surface area (Å²) >= 11 is 0. The van der Waals surface area contributed by atoms with Crippen molar-refractivity contribution in [2.45, 2.75) is 26.5 Å². The van der Waals surface area contributed by atoms with Crippen LogP contribution in [0.1, 0.15) is 23.9 Å². The van der Waals surface area contributed by atoms with Gasteiger partial charge in [-0.05, 0) is 24.6 Å². The van der Waals surface area contributed by atoms with Gasteiger partial charge in [0.2, 0.25) is 0 Å². The fourth-order valence-electron chi connectivity index (χ4n) is 1.94. The van der Waals surface area contributed by atoms with Crippen LogP contribution >= 0.6 is 0 Å². The minimum Gasteiger partial charge on any atom is -0.494 e. The Morgan fingerprint density at radius 2 is 2.10 bits per heavy atom. The number of hydrogen-bond donors (Lipinski definition) is 1. The Morgan fingerprint density at radius 1 is 1.35 bits per heavy atom. The smallest absolute Gasteiger partial charge is 0.130 e. The largest absolute Gasteiger partial charge is 0.494 e. The Kier molecular flexibility index (Phi) is 4.69. The Bertz CT molecular complexity index is 599. The van der Waals surface area contributed by atoms with E-state index in [1.807, 2.05) is 37.3 Å². The van der Waals surface area contributed by atoms with Gasteiger partial charge >= 0.3 is 0 Å². The maximum Gasteiger partial charge on any atom is 0.130 e. The van der Waals surface area contributed by atoms with E-state index in [1.165, 1.54) is 4.68 Å². The first-order valence-corrected chi connectivity index (χ1v) is 6.39. The van der Waals surface area contributed by atoms with Gasteiger partial charge < -0.3 is 9.84 Å². The zero-order valence-electron chi connectivity index (χ0n) is 11.3. The number of rotatable bonds is 6. The molecule has 0 aliphatic carbocycles. The molecule has 0 unspecified atom stereocenters. The lowest BCUT2D eigenvalue weighted by Gasteiger charge is -2.07. The molecule has 2 rings (SSSR count). The second-order valence-electron chi connectivity index (χ2n) is 4.21. The first-order valence-electron chi connectivity index (χ1n) is 6.39. The van der Waals surface area contributed by atoms with Gasteiger partial charge in [-0.25, -0.2) is 4.68 Å². The van der Waals surface area contributed by atoms with Gasteiger partial charge in [0.1, 0.15) is 18.0 Å². The van der Waals surface area contributed by atoms with Gasteiger partial charge in [-0.3, -0.25) is 0 Å². The van der Waals surface area contributed by atoms with Crippen molar-refractivity contribution in [2.75, 3.05) is 6.61 Å². The van der Waals surface area contributed by atoms with Crippen LogP contribution in [0.5, 0.6) is 5.75 Å². The average molecular weight is 272 g/mol. The molecule has 0 radical (unpaired) electrons. The standard InChI is InChI=1S/C14H16N4O2/c1-2-20-12-5-3-11(4-6-12)9-14-13(10-19)16-17-18(14)8-7-15/h3-6,19H,2,8-10H2,1H3. The van der Waals surface area contributed by atoms with Gasteiger partial charge in [-0.1, -0.05) is 17.3 Å². The van der Waals surface area contributed by atoms with Gasteiger partial charge in [0.05, 0.1) is 25.0 Å². The van der Waals surface area contributed by atoms with E-state index >= 15 is 0 Å². The number of aliphatic hydroxyl groups excluding tert-OH is 1. The van der Waals surface area contributed by atoms with Crippen molar-refractivity contribution in [3.63, 3.8) is 0 Å². The number of ether oxygens (including phenoxy) is 1. The quantitative estimate of drug-likeness (QED) is 0.856. The van der Waals surface area contributed by atoms with Crippen LogP contribution in [0, 0.1) is 11.3 Å². The summed E-state index contributed by atoms with van der Waals surface area (Å²) in [5.41, 5.74) is 2.32. The first-order chi connectivity index (χ1) is 9.78. The third kappa shape index (κ3) is 3.13. The highest BCUT2D eigenvalue weighted by Crippen LogP contribution is 2.17. The van der Waals surface area contributed by atoms with Crippen LogP contribution in [0.4, 0.5) is 0 Å². The van der Waals surface area contributed by atoms with E-state index < -0.39 is 0 Å². The summed E-state index contributed by atoms with van der Waals surface area (Å²) in [6.45, 7) is 2.51. The van der Waals surface area contributed by atoms with Crippen LogP contribution in [-0.4, -0.2) is 26.7 Å². The summed E-state index contributed by atoms with van der Waals surface area (Å²) < 4.78 is 6.91. The molecule has 0 aliphatic rings. The van der Waals surface area contributed by atoms with Gasteiger partial charge in [0, 0.05) is 6.42 Å². The van der Waals surface area contributed by atoms with Crippen LogP contribution in [0.3, 0.4) is 0 Å². The molecular formula is C14H16N4O2. The van der Waals surface area contributed by atoms with Crippen LogP contribution in [0.15, 0.2) is 24.3 Å². The molecule has 0 bridgehead atoms. The molecule has 6 nitrogen and oxygen atoms in total. The number of aromatic nitrogens is 3. The molecule has 0 spiro atoms. The van der Waals surface area contributed by atoms with Crippen LogP contribution in [-0.2, 0) is 19.6 Å². The van der Waals surface area contributed by atoms with Crippen LogP contribution in [0.2, 0.25) is 0 Å². The fourth-order valence-corrected chi connectivity index (χ4v) is 1.94. The molecule has 1 aromatic heterocycles. The van der Waals surface area contributed by atoms with Crippen molar-refractivity contribution in [3.05, 3.63) is 41.2 Å². The Balaban J connectivity index is 2.20. The predicted octanol–water partition coefficient (Wildman–Crippen LogP) is 1.28. The summed E-state index contributed by atoms with van der Waals surface area (Å²) in [6, 6.07) is 9.74. The average Bonchev–Trinajstić information content (AvgIpc) is 2.84. The molecule has 6 heteroatoms. The molecule has 0 amide bonds. The minimum atomic E-state index is -0.183. The Labute approximate surface area is 117 Å². The normalized spacial score (nSPS) is 10.2. The number of nitrogens with zero attached hydrogens (tertiary/aromatic N) is 4. The van der Waals surface area contributed by atoms with Crippen LogP contribution < -0.4 is 4.74 Å². The van der Waals surface area contributed by atoms with Crippen molar-refractivity contribution in [1.82, 2.24) is 15.0 Å². The minimum absolute atomic E-state index is 0.124. The van der Waals surface area contributed by atoms with Gasteiger partial charge in [-0.15, -0.1) is 5.10 Å². The monoisotopic (exact) mass is 272 g/mol. The number of nitriles is 1. The van der Waals surface area contributed by atoms with Crippen molar-refractivity contribution in [3.8, 4) is 11.8 Å². The molecule has 20 heavy (non-hydrogen) atoms. The summed E-state index contributed by atoms with van der Waals surface area (Å²) in [7, 11) is 0. The van der Waals surface area contributed by atoms with E-state index in [0.29, 0.717) is 18.7 Å². The topological polar surface area (TPSA) is 84.0 Å². The van der Waals surface area contributed by atoms with Gasteiger partial charge in [0.25, 0.3) is 0 Å². The lowest BCUT2D eigenvalue weighted by Crippen LogP contribution is -2.06. The molecular weight excluding hydrogens is 256 g/mol. The number of benzene rings is 1. The third-order valence-corrected chi connectivity index (χ3v) is 2.89. The summed E-state index contributed by atoms with van der Waals surface area (Å²) in [5, 5.41) is 25.8. The van der Waals surface area contributed by atoms with Crippen molar-refractivity contribution in [1.29, 1.82) is 5.26 Å². The molecule has 1 aromatic carbocycles. The summed E-state index contributed by atoms with van der Waals surface area (Å²) in [4.78, 5) is 0. The van der Waals surface area contributed by atoms with Crippen molar-refractivity contribution >= 4 is 0 Å². The maximum absolute atomic E-state index is 9.27. The molecule has 1 N–H and O–H groups in total. The second-order valence-corrected chi connectivity index (χ2v) is 4.21. The van der Waals surface area contributed by atoms with Gasteiger partial charge in [0.15, 0.2) is 0 Å². The van der Waals surface area contributed by atoms with Crippen molar-refractivity contribution < 1.29 is 9.84 Å². The highest BCUT2D eigenvalue weighted by Gasteiger charge is 2.12. The Morgan fingerprint density at radius 3 is 2.70 bits per heavy atom. The Hall–Kier alpha value is -2.39. The van der Waals surface area contributed by atoms with E-state index in [4.69, 9.17) is 10.00 Å². The molecule has 2 aromatic rings. The van der Waals surface area contributed by atoms with E-state index in [9.17, 15) is 5.11 Å². The zero-order valence-corrected chi connectivity index (χ0v) is 11.3. The fraction of sp³-hybridized carbons (Fsp3) is 0.357. The summed E-state index contributed by atoms with van der Waals surface area (Å²) in [6.07, 6.45) is 0.566. The molecule has 0 fully saturated rings. The van der Waals surface area contributed by atoms with E-state index in [2.05, 4.69) is 10.3 Å². The van der Waals surface area contributed by atoms with E-state index in [0.717, 1.165) is 17.0 Å². The number of hydrogen-bond acceptors (Lipinski definition) is 5. The van der Waals surface area contributed by atoms with Gasteiger partial charge in [-0.2, -0.15) is 5.26 Å². The molecule has 104 valence electrons. The second kappa shape index (κ2) is 6.68. The third-order valence-electron chi connectivity index (χ3n) is 2.89. The van der Waals surface area contributed by atoms with Crippen LogP contribution in [0.25, 0.3) is 0 Å². The number of aliphatic hydroxyl groups is 1. The zero-order chi connectivity index (χ0) is 14.4. The lowest BCUT2D eigenvalue weighted by atomic mass is 10.1. The lowest BCUT2D eigenvalue weighted by molar-refractivity contribution is 0.275. The van der Waals surface area contributed by atoms with E-state index in [1.54, 1.807) is 0 Å². The SMILES string of the molecule is CCOc1ccc(Cc2c(CO)nnn2CC#N)cc1. The highest BCUT2D eigenvalue weighted by molar-refractivity contribution is 5.30.